The predicted octanol–water partition coefficient (Wildman–Crippen LogP) is 0.389. The summed E-state index contributed by atoms with van der Waals surface area (Å²) in [6, 6.07) is 13.0. The van der Waals surface area contributed by atoms with E-state index in [1.807, 2.05) is 30.3 Å². The van der Waals surface area contributed by atoms with Crippen molar-refractivity contribution >= 4 is 11.8 Å². The van der Waals surface area contributed by atoms with E-state index in [9.17, 15) is 9.59 Å². The molecule has 0 aliphatic heterocycles. The van der Waals surface area contributed by atoms with Gasteiger partial charge < -0.3 is 11.1 Å². The molecular formula is C15H16N3O2+. The number of nitrogens with one attached hydrogen (secondary N) is 1. The molecule has 5 heteroatoms. The van der Waals surface area contributed by atoms with E-state index in [4.69, 9.17) is 5.73 Å². The van der Waals surface area contributed by atoms with Crippen LogP contribution in [0.2, 0.25) is 0 Å². The Balaban J connectivity index is 1.91. The zero-order valence-electron chi connectivity index (χ0n) is 11.0. The molecule has 1 heterocycles. The van der Waals surface area contributed by atoms with E-state index in [2.05, 4.69) is 5.32 Å². The van der Waals surface area contributed by atoms with E-state index in [0.717, 1.165) is 5.56 Å². The molecule has 102 valence electrons. The number of aromatic nitrogens is 1. The van der Waals surface area contributed by atoms with Crippen molar-refractivity contribution < 1.29 is 14.2 Å². The Labute approximate surface area is 117 Å². The van der Waals surface area contributed by atoms with E-state index in [1.54, 1.807) is 29.1 Å². The molecule has 20 heavy (non-hydrogen) atoms. The third kappa shape index (κ3) is 3.91. The number of pyridine rings is 1. The molecule has 0 atom stereocenters. The third-order valence-electron chi connectivity index (χ3n) is 2.80. The van der Waals surface area contributed by atoms with Crippen LogP contribution >= 0.6 is 0 Å². The minimum atomic E-state index is -0.510. The SMILES string of the molecule is NC(=O)c1ccc[n+](CC(=O)NCc2ccccc2)c1. The van der Waals surface area contributed by atoms with Gasteiger partial charge in [0, 0.05) is 12.6 Å². The van der Waals surface area contributed by atoms with Crippen molar-refractivity contribution in [3.05, 3.63) is 66.0 Å². The van der Waals surface area contributed by atoms with E-state index in [1.165, 1.54) is 0 Å². The molecule has 0 bridgehead atoms. The molecule has 0 saturated heterocycles. The summed E-state index contributed by atoms with van der Waals surface area (Å²) >= 11 is 0. The number of amides is 2. The first-order chi connectivity index (χ1) is 9.65. The van der Waals surface area contributed by atoms with Crippen LogP contribution in [0.1, 0.15) is 15.9 Å². The number of primary amides is 1. The summed E-state index contributed by atoms with van der Waals surface area (Å²) in [5.41, 5.74) is 6.61. The fourth-order valence-electron chi connectivity index (χ4n) is 1.78. The first kappa shape index (κ1) is 13.7. The van der Waals surface area contributed by atoms with E-state index >= 15 is 0 Å². The summed E-state index contributed by atoms with van der Waals surface area (Å²) in [7, 11) is 0. The standard InChI is InChI=1S/C15H15N3O2/c16-15(20)13-7-4-8-18(10-13)11-14(19)17-9-12-5-2-1-3-6-12/h1-8,10H,9,11H2,(H2-,16,17,19,20)/p+1. The fourth-order valence-corrected chi connectivity index (χ4v) is 1.78. The van der Waals surface area contributed by atoms with Gasteiger partial charge in [-0.1, -0.05) is 30.3 Å². The summed E-state index contributed by atoms with van der Waals surface area (Å²) in [6.07, 6.45) is 3.28. The molecular weight excluding hydrogens is 254 g/mol. The lowest BCUT2D eigenvalue weighted by Gasteiger charge is -2.03. The van der Waals surface area contributed by atoms with Crippen molar-refractivity contribution in [3.63, 3.8) is 0 Å². The van der Waals surface area contributed by atoms with Crippen molar-refractivity contribution in [3.8, 4) is 0 Å². The van der Waals surface area contributed by atoms with E-state index in [0.29, 0.717) is 12.1 Å². The zero-order valence-corrected chi connectivity index (χ0v) is 11.0. The molecule has 0 fully saturated rings. The van der Waals surface area contributed by atoms with E-state index in [-0.39, 0.29) is 12.5 Å². The maximum atomic E-state index is 11.8. The van der Waals surface area contributed by atoms with E-state index < -0.39 is 5.91 Å². The number of hydrogen-bond donors (Lipinski definition) is 2. The fraction of sp³-hybridized carbons (Fsp3) is 0.133. The van der Waals surface area contributed by atoms with Crippen LogP contribution in [0.5, 0.6) is 0 Å². The van der Waals surface area contributed by atoms with Gasteiger partial charge in [0.1, 0.15) is 5.56 Å². The van der Waals surface area contributed by atoms with Crippen LogP contribution in [0.15, 0.2) is 54.9 Å². The normalized spacial score (nSPS) is 10.0. The Morgan fingerprint density at radius 2 is 1.85 bits per heavy atom. The Bertz CT molecular complexity index is 612. The van der Waals surface area contributed by atoms with Gasteiger partial charge in [-0.25, -0.2) is 0 Å². The topological polar surface area (TPSA) is 76.1 Å². The highest BCUT2D eigenvalue weighted by molar-refractivity contribution is 5.92. The number of nitrogens with two attached hydrogens (primary N) is 1. The number of nitrogens with zero attached hydrogens (tertiary/aromatic N) is 1. The quantitative estimate of drug-likeness (QED) is 0.771. The Hall–Kier alpha value is -2.69. The van der Waals surface area contributed by atoms with Gasteiger partial charge in [-0.3, -0.25) is 9.59 Å². The van der Waals surface area contributed by atoms with Crippen molar-refractivity contribution in [2.75, 3.05) is 0 Å². The third-order valence-corrected chi connectivity index (χ3v) is 2.80. The van der Waals surface area contributed by atoms with Gasteiger partial charge in [0.05, 0.1) is 0 Å². The number of carbonyl (C=O) groups excluding carboxylic acids is 2. The lowest BCUT2D eigenvalue weighted by atomic mass is 10.2. The monoisotopic (exact) mass is 270 g/mol. The molecule has 0 radical (unpaired) electrons. The summed E-state index contributed by atoms with van der Waals surface area (Å²) in [5, 5.41) is 2.82. The average molecular weight is 270 g/mol. The smallest absolute Gasteiger partial charge is 0.286 e. The summed E-state index contributed by atoms with van der Waals surface area (Å²) in [5.74, 6) is -0.635. The Kier molecular flexibility index (Phi) is 4.44. The molecule has 0 unspecified atom stereocenters. The highest BCUT2D eigenvalue weighted by Crippen LogP contribution is 1.97. The van der Waals surface area contributed by atoms with Gasteiger partial charge in [0.2, 0.25) is 6.54 Å². The summed E-state index contributed by atoms with van der Waals surface area (Å²) < 4.78 is 1.63. The van der Waals surface area contributed by atoms with Crippen molar-refractivity contribution in [2.45, 2.75) is 13.1 Å². The van der Waals surface area contributed by atoms with Crippen LogP contribution in [-0.2, 0) is 17.9 Å². The van der Waals surface area contributed by atoms with Gasteiger partial charge >= 0.3 is 0 Å². The summed E-state index contributed by atoms with van der Waals surface area (Å²) in [6.45, 7) is 0.629. The van der Waals surface area contributed by atoms with Gasteiger partial charge in [-0.2, -0.15) is 4.57 Å². The first-order valence-electron chi connectivity index (χ1n) is 6.24. The second-order valence-electron chi connectivity index (χ2n) is 4.39. The second kappa shape index (κ2) is 6.47. The highest BCUT2D eigenvalue weighted by atomic mass is 16.2. The molecule has 0 spiro atoms. The molecule has 1 aromatic carbocycles. The zero-order chi connectivity index (χ0) is 14.4. The van der Waals surface area contributed by atoms with Crippen LogP contribution in [0.3, 0.4) is 0 Å². The molecule has 3 N–H and O–H groups in total. The van der Waals surface area contributed by atoms with Gasteiger partial charge in [0.25, 0.3) is 11.8 Å². The lowest BCUT2D eigenvalue weighted by Crippen LogP contribution is -2.43. The molecule has 5 nitrogen and oxygen atoms in total. The molecule has 2 aromatic rings. The number of benzene rings is 1. The van der Waals surface area contributed by atoms with Crippen LogP contribution in [0, 0.1) is 0 Å². The second-order valence-corrected chi connectivity index (χ2v) is 4.39. The molecule has 0 saturated carbocycles. The van der Waals surface area contributed by atoms with Gasteiger partial charge in [0.15, 0.2) is 12.4 Å². The lowest BCUT2D eigenvalue weighted by molar-refractivity contribution is -0.684. The average Bonchev–Trinajstić information content (AvgIpc) is 2.46. The molecule has 0 aliphatic carbocycles. The minimum absolute atomic E-state index is 0.125. The Morgan fingerprint density at radius 3 is 2.55 bits per heavy atom. The largest absolute Gasteiger partial charge is 0.365 e. The summed E-state index contributed by atoms with van der Waals surface area (Å²) in [4.78, 5) is 22.9. The highest BCUT2D eigenvalue weighted by Gasteiger charge is 2.11. The van der Waals surface area contributed by atoms with Crippen molar-refractivity contribution in [1.29, 1.82) is 0 Å². The maximum absolute atomic E-state index is 11.8. The van der Waals surface area contributed by atoms with Crippen molar-refractivity contribution in [1.82, 2.24) is 5.32 Å². The van der Waals surface area contributed by atoms with Crippen LogP contribution in [0.4, 0.5) is 0 Å². The molecule has 0 aliphatic rings. The number of hydrogen-bond acceptors (Lipinski definition) is 2. The van der Waals surface area contributed by atoms with Gasteiger partial charge in [-0.15, -0.1) is 0 Å². The molecule has 1 aromatic heterocycles. The Morgan fingerprint density at radius 1 is 1.10 bits per heavy atom. The number of carbonyl (C=O) groups is 2. The molecule has 2 rings (SSSR count). The minimum Gasteiger partial charge on any atom is -0.365 e. The maximum Gasteiger partial charge on any atom is 0.286 e. The first-order valence-corrected chi connectivity index (χ1v) is 6.24. The molecule has 2 amide bonds. The van der Waals surface area contributed by atoms with Crippen LogP contribution in [-0.4, -0.2) is 11.8 Å². The number of rotatable bonds is 5. The van der Waals surface area contributed by atoms with Gasteiger partial charge in [-0.05, 0) is 11.6 Å². The van der Waals surface area contributed by atoms with Crippen LogP contribution < -0.4 is 15.6 Å². The van der Waals surface area contributed by atoms with Crippen molar-refractivity contribution in [2.24, 2.45) is 5.73 Å². The predicted molar refractivity (Wildman–Crippen MR) is 73.4 cm³/mol. The van der Waals surface area contributed by atoms with Crippen LogP contribution in [0.25, 0.3) is 0 Å².